The smallest absolute Gasteiger partial charge is 0.230 e. The zero-order chi connectivity index (χ0) is 16.7. The molecule has 2 aromatic heterocycles. The first-order valence-electron chi connectivity index (χ1n) is 8.48. The summed E-state index contributed by atoms with van der Waals surface area (Å²) >= 11 is 0. The molecule has 0 spiro atoms. The van der Waals surface area contributed by atoms with Crippen LogP contribution in [0.2, 0.25) is 0 Å². The summed E-state index contributed by atoms with van der Waals surface area (Å²) < 4.78 is 0. The monoisotopic (exact) mass is 319 g/mol. The van der Waals surface area contributed by atoms with Gasteiger partial charge in [0.2, 0.25) is 11.9 Å². The third kappa shape index (κ3) is 2.70. The van der Waals surface area contributed by atoms with Gasteiger partial charge in [-0.05, 0) is 63.6 Å². The van der Waals surface area contributed by atoms with E-state index in [2.05, 4.69) is 52.3 Å². The SMILES string of the molecule is Cc1ccc2c(C)nc(Nc3nc(C)c4c(n3)CCCC4)nc2c1. The van der Waals surface area contributed by atoms with Gasteiger partial charge in [-0.15, -0.1) is 0 Å². The van der Waals surface area contributed by atoms with Crippen LogP contribution in [-0.2, 0) is 12.8 Å². The number of aromatic nitrogens is 4. The lowest BCUT2D eigenvalue weighted by atomic mass is 9.95. The van der Waals surface area contributed by atoms with Crippen LogP contribution in [0.15, 0.2) is 18.2 Å². The fourth-order valence-corrected chi connectivity index (χ4v) is 3.39. The van der Waals surface area contributed by atoms with E-state index in [1.165, 1.54) is 29.7 Å². The topological polar surface area (TPSA) is 63.6 Å². The van der Waals surface area contributed by atoms with Gasteiger partial charge in [0.15, 0.2) is 0 Å². The Balaban J connectivity index is 1.73. The highest BCUT2D eigenvalue weighted by molar-refractivity contribution is 5.82. The lowest BCUT2D eigenvalue weighted by Crippen LogP contribution is -2.12. The van der Waals surface area contributed by atoms with Crippen molar-refractivity contribution in [2.45, 2.75) is 46.5 Å². The van der Waals surface area contributed by atoms with E-state index in [9.17, 15) is 0 Å². The van der Waals surface area contributed by atoms with Crippen LogP contribution < -0.4 is 5.32 Å². The molecule has 0 saturated heterocycles. The maximum absolute atomic E-state index is 4.69. The normalized spacial score (nSPS) is 13.8. The van der Waals surface area contributed by atoms with Crippen LogP contribution in [-0.4, -0.2) is 19.9 Å². The van der Waals surface area contributed by atoms with Gasteiger partial charge in [0, 0.05) is 16.8 Å². The maximum Gasteiger partial charge on any atom is 0.230 e. The minimum atomic E-state index is 0.556. The third-order valence-corrected chi connectivity index (χ3v) is 4.66. The number of nitrogens with zero attached hydrogens (tertiary/aromatic N) is 4. The molecule has 0 bridgehead atoms. The fourth-order valence-electron chi connectivity index (χ4n) is 3.39. The van der Waals surface area contributed by atoms with Gasteiger partial charge in [-0.1, -0.05) is 12.1 Å². The van der Waals surface area contributed by atoms with Crippen LogP contribution in [0.3, 0.4) is 0 Å². The average Bonchev–Trinajstić information content (AvgIpc) is 2.54. The van der Waals surface area contributed by atoms with Gasteiger partial charge in [0.1, 0.15) is 0 Å². The molecular formula is C19H21N5. The molecule has 0 saturated carbocycles. The van der Waals surface area contributed by atoms with Gasteiger partial charge in [0.05, 0.1) is 11.2 Å². The molecule has 0 radical (unpaired) electrons. The summed E-state index contributed by atoms with van der Waals surface area (Å²) in [6.07, 6.45) is 4.56. The molecule has 3 aromatic rings. The van der Waals surface area contributed by atoms with Crippen LogP contribution in [0, 0.1) is 20.8 Å². The zero-order valence-electron chi connectivity index (χ0n) is 14.3. The molecule has 1 aliphatic rings. The Morgan fingerprint density at radius 1 is 0.833 bits per heavy atom. The zero-order valence-corrected chi connectivity index (χ0v) is 14.3. The molecule has 5 nitrogen and oxygen atoms in total. The number of anilines is 2. The minimum Gasteiger partial charge on any atom is -0.293 e. The van der Waals surface area contributed by atoms with E-state index >= 15 is 0 Å². The molecule has 122 valence electrons. The summed E-state index contributed by atoms with van der Waals surface area (Å²) in [5.41, 5.74) is 6.64. The van der Waals surface area contributed by atoms with Crippen molar-refractivity contribution in [3.05, 3.63) is 46.4 Å². The molecule has 24 heavy (non-hydrogen) atoms. The number of hydrogen-bond acceptors (Lipinski definition) is 5. The van der Waals surface area contributed by atoms with E-state index in [0.717, 1.165) is 35.1 Å². The number of benzene rings is 1. The molecule has 1 aromatic carbocycles. The van der Waals surface area contributed by atoms with Gasteiger partial charge >= 0.3 is 0 Å². The Labute approximate surface area is 141 Å². The predicted molar refractivity (Wildman–Crippen MR) is 95.7 cm³/mol. The lowest BCUT2D eigenvalue weighted by Gasteiger charge is -2.17. The number of rotatable bonds is 2. The fraction of sp³-hybridized carbons (Fsp3) is 0.368. The second-order valence-electron chi connectivity index (χ2n) is 6.54. The molecule has 0 aliphatic heterocycles. The van der Waals surface area contributed by atoms with Crippen molar-refractivity contribution >= 4 is 22.8 Å². The van der Waals surface area contributed by atoms with Gasteiger partial charge in [-0.2, -0.15) is 0 Å². The van der Waals surface area contributed by atoms with Crippen molar-refractivity contribution in [3.8, 4) is 0 Å². The number of fused-ring (bicyclic) bond motifs is 2. The van der Waals surface area contributed by atoms with Crippen molar-refractivity contribution < 1.29 is 0 Å². The van der Waals surface area contributed by atoms with Crippen molar-refractivity contribution in [1.29, 1.82) is 0 Å². The van der Waals surface area contributed by atoms with Crippen LogP contribution in [0.25, 0.3) is 10.9 Å². The van der Waals surface area contributed by atoms with Gasteiger partial charge in [-0.3, -0.25) is 5.32 Å². The van der Waals surface area contributed by atoms with E-state index in [-0.39, 0.29) is 0 Å². The predicted octanol–water partition coefficient (Wildman–Crippen LogP) is 3.97. The van der Waals surface area contributed by atoms with Gasteiger partial charge in [0.25, 0.3) is 0 Å². The van der Waals surface area contributed by atoms with E-state index in [0.29, 0.717) is 11.9 Å². The first kappa shape index (κ1) is 15.0. The molecule has 0 amide bonds. The number of aryl methyl sites for hydroxylation is 4. The summed E-state index contributed by atoms with van der Waals surface area (Å²) in [6, 6.07) is 6.24. The first-order chi connectivity index (χ1) is 11.6. The molecule has 0 atom stereocenters. The third-order valence-electron chi connectivity index (χ3n) is 4.66. The largest absolute Gasteiger partial charge is 0.293 e. The molecule has 0 unspecified atom stereocenters. The molecule has 1 N–H and O–H groups in total. The Kier molecular flexibility index (Phi) is 3.63. The molecule has 4 rings (SSSR count). The Morgan fingerprint density at radius 3 is 2.46 bits per heavy atom. The minimum absolute atomic E-state index is 0.556. The lowest BCUT2D eigenvalue weighted by molar-refractivity contribution is 0.658. The summed E-state index contributed by atoms with van der Waals surface area (Å²) in [4.78, 5) is 18.5. The second kappa shape index (κ2) is 5.82. The summed E-state index contributed by atoms with van der Waals surface area (Å²) in [7, 11) is 0. The highest BCUT2D eigenvalue weighted by Crippen LogP contribution is 2.24. The Hall–Kier alpha value is -2.56. The highest BCUT2D eigenvalue weighted by Gasteiger charge is 2.16. The summed E-state index contributed by atoms with van der Waals surface area (Å²) in [5, 5.41) is 4.28. The quantitative estimate of drug-likeness (QED) is 0.774. The van der Waals surface area contributed by atoms with E-state index < -0.39 is 0 Å². The van der Waals surface area contributed by atoms with E-state index in [1.54, 1.807) is 0 Å². The van der Waals surface area contributed by atoms with Crippen LogP contribution in [0.4, 0.5) is 11.9 Å². The standard InChI is InChI=1S/C19H21N5/c1-11-8-9-15-13(3)21-19(23-17(15)10-11)24-18-20-12(2)14-6-4-5-7-16(14)22-18/h8-10H,4-7H2,1-3H3,(H,20,21,22,23,24). The van der Waals surface area contributed by atoms with Crippen molar-refractivity contribution in [2.24, 2.45) is 0 Å². The van der Waals surface area contributed by atoms with E-state index in [4.69, 9.17) is 4.98 Å². The molecule has 5 heteroatoms. The molecular weight excluding hydrogens is 298 g/mol. The van der Waals surface area contributed by atoms with Gasteiger partial charge < -0.3 is 0 Å². The highest BCUT2D eigenvalue weighted by atomic mass is 15.2. The van der Waals surface area contributed by atoms with Crippen molar-refractivity contribution in [3.63, 3.8) is 0 Å². The average molecular weight is 319 g/mol. The molecule has 1 aliphatic carbocycles. The van der Waals surface area contributed by atoms with Gasteiger partial charge in [-0.25, -0.2) is 19.9 Å². The Morgan fingerprint density at radius 2 is 1.58 bits per heavy atom. The number of hydrogen-bond donors (Lipinski definition) is 1. The Bertz CT molecular complexity index is 933. The summed E-state index contributed by atoms with van der Waals surface area (Å²) in [6.45, 7) is 6.14. The second-order valence-corrected chi connectivity index (χ2v) is 6.54. The van der Waals surface area contributed by atoms with Crippen molar-refractivity contribution in [1.82, 2.24) is 19.9 Å². The molecule has 0 fully saturated rings. The summed E-state index contributed by atoms with van der Waals surface area (Å²) in [5.74, 6) is 1.15. The number of nitrogens with one attached hydrogen (secondary N) is 1. The maximum atomic E-state index is 4.69. The van der Waals surface area contributed by atoms with Crippen molar-refractivity contribution in [2.75, 3.05) is 5.32 Å². The van der Waals surface area contributed by atoms with Crippen LogP contribution >= 0.6 is 0 Å². The van der Waals surface area contributed by atoms with Crippen LogP contribution in [0.5, 0.6) is 0 Å². The van der Waals surface area contributed by atoms with E-state index in [1.807, 2.05) is 6.92 Å². The van der Waals surface area contributed by atoms with Crippen LogP contribution in [0.1, 0.15) is 41.1 Å². The molecule has 2 heterocycles. The first-order valence-corrected chi connectivity index (χ1v) is 8.48.